The van der Waals surface area contributed by atoms with Crippen LogP contribution in [0.3, 0.4) is 0 Å². The van der Waals surface area contributed by atoms with E-state index in [-0.39, 0.29) is 28.0 Å². The smallest absolute Gasteiger partial charge is 0.335 e. The molecule has 1 aromatic heterocycles. The summed E-state index contributed by atoms with van der Waals surface area (Å²) in [6, 6.07) is 3.80. The molecule has 1 aromatic carbocycles. The van der Waals surface area contributed by atoms with E-state index in [1.165, 1.54) is 18.2 Å². The molecule has 31 heavy (non-hydrogen) atoms. The molecule has 0 aliphatic carbocycles. The summed E-state index contributed by atoms with van der Waals surface area (Å²) in [5.41, 5.74) is 0.718. The molecule has 0 spiro atoms. The lowest BCUT2D eigenvalue weighted by molar-refractivity contribution is -0.383. The van der Waals surface area contributed by atoms with E-state index >= 15 is 0 Å². The molecule has 9 heteroatoms. The number of nitro benzene ring substituents is 1. The summed E-state index contributed by atoms with van der Waals surface area (Å²) in [5.74, 6) is -1.29. The molecule has 160 valence electrons. The molecule has 2 heterocycles. The number of non-ortho nitro benzene ring substituents is 1. The van der Waals surface area contributed by atoms with E-state index in [9.17, 15) is 19.7 Å². The van der Waals surface area contributed by atoms with Gasteiger partial charge < -0.3 is 14.5 Å². The second-order valence-electron chi connectivity index (χ2n) is 7.53. The fourth-order valence-corrected chi connectivity index (χ4v) is 3.75. The highest BCUT2D eigenvalue weighted by Crippen LogP contribution is 2.43. The summed E-state index contributed by atoms with van der Waals surface area (Å²) in [6.45, 7) is 16.1. The van der Waals surface area contributed by atoms with Crippen LogP contribution in [-0.4, -0.2) is 17.0 Å². The number of fused-ring (bicyclic) bond motifs is 1. The van der Waals surface area contributed by atoms with Crippen LogP contribution in [0, 0.1) is 23.6 Å². The summed E-state index contributed by atoms with van der Waals surface area (Å²) in [6.07, 6.45) is -0.398. The molecule has 0 saturated carbocycles. The Labute approximate surface area is 178 Å². The van der Waals surface area contributed by atoms with Crippen molar-refractivity contribution in [2.45, 2.75) is 46.6 Å². The van der Waals surface area contributed by atoms with Crippen LogP contribution in [0.2, 0.25) is 0 Å². The van der Waals surface area contributed by atoms with Crippen LogP contribution in [0.15, 0.2) is 50.1 Å². The topological polar surface area (TPSA) is 116 Å². The van der Waals surface area contributed by atoms with E-state index in [0.717, 1.165) is 0 Å². The van der Waals surface area contributed by atoms with Crippen LogP contribution in [0.4, 0.5) is 5.69 Å². The maximum absolute atomic E-state index is 13.0. The third-order valence-electron chi connectivity index (χ3n) is 4.93. The van der Waals surface area contributed by atoms with Crippen LogP contribution in [0.1, 0.15) is 44.9 Å². The molecule has 1 atom stereocenters. The number of allylic oxidation sites excluding steroid dienone is 3. The molecule has 0 radical (unpaired) electrons. The monoisotopic (exact) mass is 423 g/mol. The molecule has 1 aliphatic rings. The third-order valence-corrected chi connectivity index (χ3v) is 4.93. The number of rotatable bonds is 4. The molecule has 1 N–H and O–H groups in total. The number of aryl methyl sites for hydroxylation is 1. The summed E-state index contributed by atoms with van der Waals surface area (Å²) >= 11 is 0. The molecule has 1 aliphatic heterocycles. The van der Waals surface area contributed by atoms with Crippen molar-refractivity contribution in [1.82, 2.24) is 5.32 Å². The minimum atomic E-state index is -0.918. The predicted octanol–water partition coefficient (Wildman–Crippen LogP) is 4.07. The fraction of sp³-hybridized carbons (Fsp3) is 0.318. The Morgan fingerprint density at radius 3 is 2.55 bits per heavy atom. The van der Waals surface area contributed by atoms with E-state index < -0.39 is 34.0 Å². The molecule has 0 amide bonds. The van der Waals surface area contributed by atoms with Crippen molar-refractivity contribution in [3.05, 3.63) is 83.9 Å². The number of carbonyl (C=O) groups is 1. The second kappa shape index (κ2) is 8.07. The standard InChI is InChI=1S/C22H21N3O6/c1-10(2)30-22(27)17-12(4)24-13(5)20(23-6)18(17)14-7-8-15(25(28)29)19-16(26)9-11(3)31-21(14)19/h7-10,18,24H,1-5H3. The summed E-state index contributed by atoms with van der Waals surface area (Å²) < 4.78 is 11.2. The van der Waals surface area contributed by atoms with Crippen LogP contribution in [0.5, 0.6) is 0 Å². The average molecular weight is 423 g/mol. The van der Waals surface area contributed by atoms with Gasteiger partial charge in [-0.15, -0.1) is 0 Å². The van der Waals surface area contributed by atoms with Crippen molar-refractivity contribution in [2.24, 2.45) is 0 Å². The van der Waals surface area contributed by atoms with Crippen molar-refractivity contribution in [3.63, 3.8) is 0 Å². The predicted molar refractivity (Wildman–Crippen MR) is 113 cm³/mol. The minimum Gasteiger partial charge on any atom is -0.461 e. The lowest BCUT2D eigenvalue weighted by atomic mass is 9.83. The Hall–Kier alpha value is -3.93. The number of nitro groups is 1. The van der Waals surface area contributed by atoms with Crippen molar-refractivity contribution in [1.29, 1.82) is 0 Å². The Kier molecular flexibility index (Phi) is 5.66. The highest BCUT2D eigenvalue weighted by Gasteiger charge is 2.37. The normalized spacial score (nSPS) is 16.4. The van der Waals surface area contributed by atoms with Gasteiger partial charge in [0.05, 0.1) is 29.1 Å². The lowest BCUT2D eigenvalue weighted by Crippen LogP contribution is -2.29. The first-order valence-corrected chi connectivity index (χ1v) is 9.55. The molecule has 9 nitrogen and oxygen atoms in total. The summed E-state index contributed by atoms with van der Waals surface area (Å²) in [7, 11) is 0. The number of nitrogens with one attached hydrogen (secondary N) is 1. The van der Waals surface area contributed by atoms with Crippen molar-refractivity contribution in [2.75, 3.05) is 0 Å². The van der Waals surface area contributed by atoms with E-state index in [4.69, 9.17) is 15.7 Å². The van der Waals surface area contributed by atoms with Gasteiger partial charge >= 0.3 is 5.97 Å². The third kappa shape index (κ3) is 3.80. The van der Waals surface area contributed by atoms with Gasteiger partial charge in [-0.1, -0.05) is 0 Å². The Balaban J connectivity index is 2.42. The van der Waals surface area contributed by atoms with Crippen LogP contribution in [0.25, 0.3) is 15.8 Å². The number of dihydropyridines is 1. The zero-order valence-electron chi connectivity index (χ0n) is 17.7. The van der Waals surface area contributed by atoms with Crippen molar-refractivity contribution in [3.8, 4) is 0 Å². The zero-order valence-corrected chi connectivity index (χ0v) is 17.7. The zero-order chi connectivity index (χ0) is 23.0. The van der Waals surface area contributed by atoms with Gasteiger partial charge in [-0.05, 0) is 46.2 Å². The van der Waals surface area contributed by atoms with Gasteiger partial charge in [-0.25, -0.2) is 9.64 Å². The molecule has 0 bridgehead atoms. The van der Waals surface area contributed by atoms with Gasteiger partial charge in [-0.3, -0.25) is 14.9 Å². The molecule has 0 saturated heterocycles. The number of ether oxygens (including phenoxy) is 1. The first-order valence-electron chi connectivity index (χ1n) is 9.55. The van der Waals surface area contributed by atoms with Crippen LogP contribution >= 0.6 is 0 Å². The van der Waals surface area contributed by atoms with Gasteiger partial charge in [0.15, 0.2) is 11.1 Å². The van der Waals surface area contributed by atoms with Crippen molar-refractivity contribution >= 4 is 22.6 Å². The van der Waals surface area contributed by atoms with E-state index in [1.807, 2.05) is 0 Å². The number of nitrogens with zero attached hydrogens (tertiary/aromatic N) is 2. The molecule has 3 rings (SSSR count). The van der Waals surface area contributed by atoms with E-state index in [1.54, 1.807) is 34.6 Å². The minimum absolute atomic E-state index is 0.0253. The van der Waals surface area contributed by atoms with Crippen LogP contribution < -0.4 is 10.7 Å². The summed E-state index contributed by atoms with van der Waals surface area (Å²) in [5, 5.41) is 14.4. The lowest BCUT2D eigenvalue weighted by Gasteiger charge is -2.29. The highest BCUT2D eigenvalue weighted by atomic mass is 16.6. The maximum atomic E-state index is 13.0. The number of benzene rings is 1. The first-order chi connectivity index (χ1) is 14.6. The Morgan fingerprint density at radius 2 is 1.97 bits per heavy atom. The SMILES string of the molecule is [C-]#[N+]C1=C(C)NC(C)=C(C(=O)OC(C)C)C1c1ccc([N+](=O)[O-])c2c(=O)cc(C)oc12. The molecular weight excluding hydrogens is 402 g/mol. The quantitative estimate of drug-likeness (QED) is 0.341. The number of carbonyl (C=O) groups excluding carboxylic acids is 1. The Bertz CT molecular complexity index is 1280. The summed E-state index contributed by atoms with van der Waals surface area (Å²) in [4.78, 5) is 40.1. The molecule has 2 aromatic rings. The Morgan fingerprint density at radius 1 is 1.29 bits per heavy atom. The molecular formula is C22H21N3O6. The molecule has 0 fully saturated rings. The van der Waals surface area contributed by atoms with Gasteiger partial charge in [-0.2, -0.15) is 0 Å². The van der Waals surface area contributed by atoms with E-state index in [0.29, 0.717) is 17.0 Å². The van der Waals surface area contributed by atoms with Gasteiger partial charge in [0.1, 0.15) is 16.7 Å². The van der Waals surface area contributed by atoms with Gasteiger partial charge in [0, 0.05) is 23.5 Å². The van der Waals surface area contributed by atoms with Gasteiger partial charge in [0.2, 0.25) is 0 Å². The highest BCUT2D eigenvalue weighted by molar-refractivity contribution is 5.96. The largest absolute Gasteiger partial charge is 0.461 e. The number of esters is 1. The van der Waals surface area contributed by atoms with Crippen LogP contribution in [-0.2, 0) is 9.53 Å². The fourth-order valence-electron chi connectivity index (χ4n) is 3.75. The number of hydrogen-bond donors (Lipinski definition) is 1. The molecule has 1 unspecified atom stereocenters. The average Bonchev–Trinajstić information content (AvgIpc) is 2.65. The second-order valence-corrected chi connectivity index (χ2v) is 7.53. The first kappa shape index (κ1) is 21.8. The van der Waals surface area contributed by atoms with Gasteiger partial charge in [0.25, 0.3) is 5.69 Å². The van der Waals surface area contributed by atoms with E-state index in [2.05, 4.69) is 10.2 Å². The van der Waals surface area contributed by atoms with Crippen molar-refractivity contribution < 1.29 is 18.9 Å². The number of hydrogen-bond acceptors (Lipinski definition) is 7. The maximum Gasteiger partial charge on any atom is 0.335 e.